The molecule has 0 saturated carbocycles. The van der Waals surface area contributed by atoms with E-state index >= 15 is 0 Å². The van der Waals surface area contributed by atoms with Gasteiger partial charge in [0.1, 0.15) is 5.70 Å². The summed E-state index contributed by atoms with van der Waals surface area (Å²) in [5.74, 6) is -1.20. The molecule has 2 heterocycles. The Morgan fingerprint density at radius 1 is 0.900 bits per heavy atom. The van der Waals surface area contributed by atoms with E-state index in [1.54, 1.807) is 29.3 Å². The van der Waals surface area contributed by atoms with Crippen LogP contribution in [0.25, 0.3) is 0 Å². The average molecular weight is 412 g/mol. The second-order valence-corrected chi connectivity index (χ2v) is 7.16. The molecule has 2 aliphatic heterocycles. The second-order valence-electron chi connectivity index (χ2n) is 7.16. The van der Waals surface area contributed by atoms with E-state index < -0.39 is 11.9 Å². The van der Waals surface area contributed by atoms with Gasteiger partial charge < -0.3 is 19.3 Å². The van der Waals surface area contributed by atoms with Crippen molar-refractivity contribution in [1.29, 1.82) is 0 Å². The number of carbonyl (C=O) groups is 2. The number of nitrogens with zero attached hydrogens (tertiary/aromatic N) is 3. The highest BCUT2D eigenvalue weighted by Gasteiger charge is 2.27. The van der Waals surface area contributed by atoms with E-state index in [4.69, 9.17) is 9.47 Å². The Kier molecular flexibility index (Phi) is 7.30. The fourth-order valence-corrected chi connectivity index (χ4v) is 3.74. The molecular weight excluding hydrogens is 382 g/mol. The van der Waals surface area contributed by atoms with Gasteiger partial charge in [-0.3, -0.25) is 4.90 Å². The fourth-order valence-electron chi connectivity index (χ4n) is 3.74. The van der Waals surface area contributed by atoms with Crippen molar-refractivity contribution in [2.24, 2.45) is 0 Å². The lowest BCUT2D eigenvalue weighted by atomic mass is 10.1. The molecule has 160 valence electrons. The first-order valence-electron chi connectivity index (χ1n) is 10.2. The van der Waals surface area contributed by atoms with Crippen molar-refractivity contribution < 1.29 is 19.1 Å². The lowest BCUT2D eigenvalue weighted by Crippen LogP contribution is -2.46. The van der Waals surface area contributed by atoms with Gasteiger partial charge in [-0.1, -0.05) is 13.0 Å². The number of benzene rings is 1. The maximum atomic E-state index is 12.5. The first kappa shape index (κ1) is 21.6. The maximum Gasteiger partial charge on any atom is 0.355 e. The van der Waals surface area contributed by atoms with E-state index in [1.807, 2.05) is 24.3 Å². The van der Waals surface area contributed by atoms with E-state index in [0.29, 0.717) is 0 Å². The molecule has 7 nitrogen and oxygen atoms in total. The SMILES string of the molecule is CCCN1CCN(c2ccc(N3C=CC=CC(C(=O)OC)=C3C(=O)OC)cc2)CC1. The van der Waals surface area contributed by atoms with Crippen molar-refractivity contribution in [3.8, 4) is 0 Å². The minimum absolute atomic E-state index is 0.121. The Morgan fingerprint density at radius 3 is 2.13 bits per heavy atom. The summed E-state index contributed by atoms with van der Waals surface area (Å²) < 4.78 is 9.80. The third-order valence-electron chi connectivity index (χ3n) is 5.29. The lowest BCUT2D eigenvalue weighted by molar-refractivity contribution is -0.139. The Hall–Kier alpha value is -3.06. The summed E-state index contributed by atoms with van der Waals surface area (Å²) in [6, 6.07) is 7.98. The number of allylic oxidation sites excluding steroid dienone is 2. The Balaban J connectivity index is 1.85. The van der Waals surface area contributed by atoms with Gasteiger partial charge in [0, 0.05) is 43.8 Å². The van der Waals surface area contributed by atoms with Crippen molar-refractivity contribution in [3.63, 3.8) is 0 Å². The molecule has 1 fully saturated rings. The Morgan fingerprint density at radius 2 is 1.53 bits per heavy atom. The molecule has 0 N–H and O–H groups in total. The number of ether oxygens (including phenoxy) is 2. The first-order chi connectivity index (χ1) is 14.6. The van der Waals surface area contributed by atoms with Crippen LogP contribution in [-0.4, -0.2) is 63.8 Å². The monoisotopic (exact) mass is 411 g/mol. The van der Waals surface area contributed by atoms with Crippen molar-refractivity contribution in [2.75, 3.05) is 56.7 Å². The number of esters is 2. The van der Waals surface area contributed by atoms with Crippen LogP contribution >= 0.6 is 0 Å². The van der Waals surface area contributed by atoms with Crippen LogP contribution in [0, 0.1) is 0 Å². The first-order valence-corrected chi connectivity index (χ1v) is 10.2. The summed E-state index contributed by atoms with van der Waals surface area (Å²) in [4.78, 5) is 31.3. The molecule has 0 radical (unpaired) electrons. The van der Waals surface area contributed by atoms with Gasteiger partial charge in [-0.2, -0.15) is 0 Å². The molecule has 0 bridgehead atoms. The molecule has 0 aromatic heterocycles. The number of anilines is 2. The second kappa shape index (κ2) is 10.1. The van der Waals surface area contributed by atoms with E-state index in [0.717, 1.165) is 44.1 Å². The summed E-state index contributed by atoms with van der Waals surface area (Å²) in [5.41, 5.74) is 2.16. The molecule has 0 unspecified atom stereocenters. The Bertz CT molecular complexity index is 850. The third-order valence-corrected chi connectivity index (χ3v) is 5.29. The largest absolute Gasteiger partial charge is 0.465 e. The van der Waals surface area contributed by atoms with Crippen molar-refractivity contribution in [2.45, 2.75) is 13.3 Å². The number of carbonyl (C=O) groups excluding carboxylic acids is 2. The molecule has 0 aliphatic carbocycles. The zero-order chi connectivity index (χ0) is 21.5. The van der Waals surface area contributed by atoms with Gasteiger partial charge in [0.15, 0.2) is 0 Å². The van der Waals surface area contributed by atoms with Crippen LogP contribution in [0.5, 0.6) is 0 Å². The zero-order valence-corrected chi connectivity index (χ0v) is 17.8. The molecule has 1 saturated heterocycles. The van der Waals surface area contributed by atoms with Crippen LogP contribution in [0.4, 0.5) is 11.4 Å². The minimum atomic E-state index is -0.609. The van der Waals surface area contributed by atoms with E-state index in [-0.39, 0.29) is 11.3 Å². The van der Waals surface area contributed by atoms with Gasteiger partial charge in [-0.15, -0.1) is 0 Å². The normalized spacial score (nSPS) is 17.2. The van der Waals surface area contributed by atoms with E-state index in [9.17, 15) is 9.59 Å². The van der Waals surface area contributed by atoms with Gasteiger partial charge in [-0.25, -0.2) is 9.59 Å². The Labute approximate surface area is 177 Å². The van der Waals surface area contributed by atoms with Crippen LogP contribution in [-0.2, 0) is 19.1 Å². The summed E-state index contributed by atoms with van der Waals surface area (Å²) in [5, 5.41) is 0. The van der Waals surface area contributed by atoms with Gasteiger partial charge >= 0.3 is 11.9 Å². The summed E-state index contributed by atoms with van der Waals surface area (Å²) in [6.45, 7) is 7.47. The zero-order valence-electron chi connectivity index (χ0n) is 17.8. The standard InChI is InChI=1S/C23H29N3O4/c1-4-12-24-14-16-25(17-15-24)18-8-10-19(11-9-18)26-13-6-5-7-20(22(27)29-2)21(26)23(28)30-3/h5-11,13H,4,12,14-17H2,1-3H3. The molecule has 1 aromatic rings. The van der Waals surface area contributed by atoms with Gasteiger partial charge in [-0.05, 0) is 49.4 Å². The quantitative estimate of drug-likeness (QED) is 0.667. The predicted molar refractivity (Wildman–Crippen MR) is 117 cm³/mol. The van der Waals surface area contributed by atoms with Gasteiger partial charge in [0.05, 0.1) is 19.8 Å². The highest BCUT2D eigenvalue weighted by atomic mass is 16.5. The highest BCUT2D eigenvalue weighted by Crippen LogP contribution is 2.28. The summed E-state index contributed by atoms with van der Waals surface area (Å²) in [7, 11) is 2.58. The number of rotatable bonds is 6. The van der Waals surface area contributed by atoms with Gasteiger partial charge in [0.2, 0.25) is 0 Å². The number of hydrogen-bond acceptors (Lipinski definition) is 7. The number of hydrogen-bond donors (Lipinski definition) is 0. The molecular formula is C23H29N3O4. The van der Waals surface area contributed by atoms with Crippen molar-refractivity contribution >= 4 is 23.3 Å². The van der Waals surface area contributed by atoms with Gasteiger partial charge in [0.25, 0.3) is 0 Å². The number of piperazine rings is 1. The van der Waals surface area contributed by atoms with Crippen molar-refractivity contribution in [3.05, 3.63) is 60.0 Å². The van der Waals surface area contributed by atoms with Crippen molar-refractivity contribution in [1.82, 2.24) is 4.90 Å². The van der Waals surface area contributed by atoms with Crippen LogP contribution in [0.3, 0.4) is 0 Å². The lowest BCUT2D eigenvalue weighted by Gasteiger charge is -2.36. The topological polar surface area (TPSA) is 62.3 Å². The van der Waals surface area contributed by atoms with E-state index in [1.165, 1.54) is 20.6 Å². The maximum absolute atomic E-state index is 12.5. The molecule has 0 atom stereocenters. The number of methoxy groups -OCH3 is 2. The molecule has 0 amide bonds. The third kappa shape index (κ3) is 4.74. The summed E-state index contributed by atoms with van der Waals surface area (Å²) in [6.07, 6.45) is 7.92. The fraction of sp³-hybridized carbons (Fsp3) is 0.391. The van der Waals surface area contributed by atoms with Crippen LogP contribution in [0.15, 0.2) is 60.0 Å². The average Bonchev–Trinajstić information content (AvgIpc) is 3.02. The molecule has 7 heteroatoms. The molecule has 3 rings (SSSR count). The van der Waals surface area contributed by atoms with Crippen LogP contribution < -0.4 is 9.80 Å². The molecule has 0 spiro atoms. The predicted octanol–water partition coefficient (Wildman–Crippen LogP) is 2.71. The molecule has 2 aliphatic rings. The smallest absolute Gasteiger partial charge is 0.355 e. The van der Waals surface area contributed by atoms with Crippen LogP contribution in [0.2, 0.25) is 0 Å². The highest BCUT2D eigenvalue weighted by molar-refractivity contribution is 6.05. The summed E-state index contributed by atoms with van der Waals surface area (Å²) >= 11 is 0. The molecule has 30 heavy (non-hydrogen) atoms. The minimum Gasteiger partial charge on any atom is -0.465 e. The van der Waals surface area contributed by atoms with E-state index in [2.05, 4.69) is 16.7 Å². The van der Waals surface area contributed by atoms with Crippen LogP contribution in [0.1, 0.15) is 13.3 Å². The molecule has 1 aromatic carbocycles.